The van der Waals surface area contributed by atoms with Crippen LogP contribution in [0.1, 0.15) is 18.1 Å². The first kappa shape index (κ1) is 18.6. The molecule has 2 rings (SSSR count). The molecule has 1 amide bonds. The number of amides is 1. The van der Waals surface area contributed by atoms with E-state index in [0.717, 1.165) is 5.56 Å². The van der Waals surface area contributed by atoms with E-state index in [-0.39, 0.29) is 32.8 Å². The van der Waals surface area contributed by atoms with Crippen LogP contribution in [0.25, 0.3) is 0 Å². The fourth-order valence-electron chi connectivity index (χ4n) is 1.79. The predicted octanol–water partition coefficient (Wildman–Crippen LogP) is -0.557. The average molecular weight is 338 g/mol. The van der Waals surface area contributed by atoms with E-state index in [2.05, 4.69) is 4.99 Å². The molecule has 0 aliphatic carbocycles. The molecule has 0 radical (unpaired) electrons. The Hall–Kier alpha value is -2.44. The van der Waals surface area contributed by atoms with Crippen LogP contribution in [0.2, 0.25) is 0 Å². The fourth-order valence-corrected chi connectivity index (χ4v) is 1.79. The van der Waals surface area contributed by atoms with Crippen LogP contribution >= 0.6 is 0 Å². The van der Waals surface area contributed by atoms with E-state index < -0.39 is 11.9 Å². The van der Waals surface area contributed by atoms with Crippen molar-refractivity contribution in [2.24, 2.45) is 16.5 Å². The number of carbonyl (C=O) groups excluding carboxylic acids is 1. The van der Waals surface area contributed by atoms with Crippen LogP contribution in [-0.4, -0.2) is 11.9 Å². The molecule has 0 saturated heterocycles. The highest BCUT2D eigenvalue weighted by Gasteiger charge is 2.08. The maximum absolute atomic E-state index is 13.6. The van der Waals surface area contributed by atoms with Gasteiger partial charge in [0, 0.05) is 17.7 Å². The first-order chi connectivity index (χ1) is 10.6. The first-order valence-corrected chi connectivity index (χ1v) is 6.64. The Morgan fingerprint density at radius 2 is 1.91 bits per heavy atom. The summed E-state index contributed by atoms with van der Waals surface area (Å²) in [5, 5.41) is 0. The fraction of sp³-hybridized carbons (Fsp3) is 0.125. The largest absolute Gasteiger partial charge is 1.00 e. The zero-order valence-corrected chi connectivity index (χ0v) is 13.0. The highest BCUT2D eigenvalue weighted by Crippen LogP contribution is 2.10. The van der Waals surface area contributed by atoms with Crippen molar-refractivity contribution in [3.63, 3.8) is 0 Å². The molecule has 4 N–H and O–H groups in total. The van der Waals surface area contributed by atoms with Gasteiger partial charge in [-0.25, -0.2) is 9.18 Å². The summed E-state index contributed by atoms with van der Waals surface area (Å²) in [4.78, 5) is 15.2. The van der Waals surface area contributed by atoms with Gasteiger partial charge in [-0.3, -0.25) is 0 Å². The third kappa shape index (κ3) is 5.36. The van der Waals surface area contributed by atoms with Crippen molar-refractivity contribution in [3.05, 3.63) is 71.0 Å². The number of ether oxygens (including phenoxy) is 1. The van der Waals surface area contributed by atoms with Crippen LogP contribution in [0, 0.1) is 5.82 Å². The van der Waals surface area contributed by atoms with Gasteiger partial charge in [-0.2, -0.15) is 4.99 Å². The highest BCUT2D eigenvalue weighted by molar-refractivity contribution is 6.02. The van der Waals surface area contributed by atoms with Gasteiger partial charge in [-0.05, 0) is 11.6 Å². The Labute approximate surface area is 141 Å². The van der Waals surface area contributed by atoms with Gasteiger partial charge in [0.05, 0.1) is 0 Å². The van der Waals surface area contributed by atoms with Gasteiger partial charge in [0.25, 0.3) is 0 Å². The molecule has 0 atom stereocenters. The molecule has 0 aliphatic rings. The highest BCUT2D eigenvalue weighted by atomic mass is 35.5. The SMILES string of the molecule is NCc1ccc(C(N)=NC(=O)OCc2ccccc2)cc1F.[Cl-].[H+]. The molecule has 2 aromatic carbocycles. The molecular formula is C16H17ClFN3O2. The topological polar surface area (TPSA) is 90.7 Å². The zero-order chi connectivity index (χ0) is 15.9. The van der Waals surface area contributed by atoms with Gasteiger partial charge in [-0.1, -0.05) is 42.5 Å². The summed E-state index contributed by atoms with van der Waals surface area (Å²) in [7, 11) is 0. The molecule has 122 valence electrons. The number of hydrogen-bond donors (Lipinski definition) is 2. The first-order valence-electron chi connectivity index (χ1n) is 6.64. The van der Waals surface area contributed by atoms with Crippen LogP contribution in [0.3, 0.4) is 0 Å². The van der Waals surface area contributed by atoms with E-state index in [9.17, 15) is 9.18 Å². The minimum atomic E-state index is -0.829. The van der Waals surface area contributed by atoms with Crippen LogP contribution in [0.15, 0.2) is 53.5 Å². The Kier molecular flexibility index (Phi) is 7.18. The van der Waals surface area contributed by atoms with E-state index in [0.29, 0.717) is 11.1 Å². The summed E-state index contributed by atoms with van der Waals surface area (Å²) in [6.45, 7) is 0.180. The Morgan fingerprint density at radius 3 is 2.52 bits per heavy atom. The Morgan fingerprint density at radius 1 is 1.22 bits per heavy atom. The van der Waals surface area contributed by atoms with Crippen LogP contribution in [0.4, 0.5) is 9.18 Å². The number of amidine groups is 1. The number of benzene rings is 2. The normalized spacial score (nSPS) is 10.8. The van der Waals surface area contributed by atoms with Gasteiger partial charge in [0.2, 0.25) is 0 Å². The van der Waals surface area contributed by atoms with Crippen molar-refractivity contribution in [3.8, 4) is 0 Å². The van der Waals surface area contributed by atoms with Crippen molar-refractivity contribution in [1.82, 2.24) is 0 Å². The Bertz CT molecular complexity index is 699. The van der Waals surface area contributed by atoms with Crippen LogP contribution in [0.5, 0.6) is 0 Å². The van der Waals surface area contributed by atoms with Gasteiger partial charge in [0.15, 0.2) is 0 Å². The maximum Gasteiger partial charge on any atom is 1.00 e. The Balaban J connectivity index is 0.00000264. The lowest BCUT2D eigenvalue weighted by Crippen LogP contribution is -3.00. The number of nitrogens with zero attached hydrogens (tertiary/aromatic N) is 1. The summed E-state index contributed by atoms with van der Waals surface area (Å²) in [5.74, 6) is -0.601. The second-order valence-electron chi connectivity index (χ2n) is 4.55. The third-order valence-corrected chi connectivity index (χ3v) is 2.99. The lowest BCUT2D eigenvalue weighted by Gasteiger charge is -2.05. The predicted molar refractivity (Wildman–Crippen MR) is 82.8 cm³/mol. The number of aliphatic imine (C=N–C) groups is 1. The molecular weight excluding hydrogens is 321 g/mol. The molecule has 0 unspecified atom stereocenters. The second kappa shape index (κ2) is 8.87. The van der Waals surface area contributed by atoms with Gasteiger partial charge < -0.3 is 28.6 Å². The summed E-state index contributed by atoms with van der Waals surface area (Å²) >= 11 is 0. The zero-order valence-electron chi connectivity index (χ0n) is 13.2. The molecule has 0 bridgehead atoms. The minimum Gasteiger partial charge on any atom is -1.00 e. The van der Waals surface area contributed by atoms with Gasteiger partial charge in [-0.15, -0.1) is 0 Å². The molecule has 5 nitrogen and oxygen atoms in total. The number of carbonyl (C=O) groups is 1. The standard InChI is InChI=1S/C16H16FN3O2.ClH/c17-14-8-12(6-7-13(14)9-18)15(19)20-16(21)22-10-11-4-2-1-3-5-11;/h1-8H,9-10,18H2,(H2,19,20,21);1H. The van der Waals surface area contributed by atoms with E-state index in [1.165, 1.54) is 12.1 Å². The number of hydrogen-bond acceptors (Lipinski definition) is 3. The number of halogens is 2. The van der Waals surface area contributed by atoms with Crippen molar-refractivity contribution < 1.29 is 27.8 Å². The molecule has 2 aromatic rings. The van der Waals surface area contributed by atoms with E-state index >= 15 is 0 Å². The van der Waals surface area contributed by atoms with Crippen molar-refractivity contribution in [2.75, 3.05) is 0 Å². The second-order valence-corrected chi connectivity index (χ2v) is 4.55. The van der Waals surface area contributed by atoms with Crippen molar-refractivity contribution in [2.45, 2.75) is 13.2 Å². The molecule has 7 heteroatoms. The molecule has 0 fully saturated rings. The molecule has 0 spiro atoms. The minimum absolute atomic E-state index is 0. The number of nitrogens with two attached hydrogens (primary N) is 2. The van der Waals surface area contributed by atoms with Crippen LogP contribution < -0.4 is 23.9 Å². The summed E-state index contributed by atoms with van der Waals surface area (Å²) in [5.41, 5.74) is 12.6. The maximum atomic E-state index is 13.6. The van der Waals surface area contributed by atoms with E-state index in [1.54, 1.807) is 6.07 Å². The lowest BCUT2D eigenvalue weighted by molar-refractivity contribution is -0.0000109. The smallest absolute Gasteiger partial charge is 1.00 e. The van der Waals surface area contributed by atoms with Crippen LogP contribution in [-0.2, 0) is 17.9 Å². The van der Waals surface area contributed by atoms with Gasteiger partial charge in [0.1, 0.15) is 18.3 Å². The molecule has 0 aliphatic heterocycles. The summed E-state index contributed by atoms with van der Waals surface area (Å²) in [6, 6.07) is 13.4. The van der Waals surface area contributed by atoms with Gasteiger partial charge >= 0.3 is 7.52 Å². The third-order valence-electron chi connectivity index (χ3n) is 2.99. The summed E-state index contributed by atoms with van der Waals surface area (Å²) < 4.78 is 18.6. The van der Waals surface area contributed by atoms with Crippen molar-refractivity contribution >= 4 is 11.9 Å². The van der Waals surface area contributed by atoms with E-state index in [1.807, 2.05) is 30.3 Å². The van der Waals surface area contributed by atoms with Crippen molar-refractivity contribution in [1.29, 1.82) is 0 Å². The quantitative estimate of drug-likeness (QED) is 0.578. The molecule has 23 heavy (non-hydrogen) atoms. The lowest BCUT2D eigenvalue weighted by atomic mass is 10.1. The average Bonchev–Trinajstić information content (AvgIpc) is 2.53. The number of rotatable bonds is 4. The molecule has 0 heterocycles. The molecule has 0 aromatic heterocycles. The van der Waals surface area contributed by atoms with E-state index in [4.69, 9.17) is 16.2 Å². The molecule has 0 saturated carbocycles. The summed E-state index contributed by atoms with van der Waals surface area (Å²) in [6.07, 6.45) is -0.829. The monoisotopic (exact) mass is 337 g/mol.